The Morgan fingerprint density at radius 1 is 1.08 bits per heavy atom. The molecule has 146 valence electrons. The standard InChI is InChI=1S/C21H32O5/c1-5-6-7-8-13-22-18-15(3)17-10-9-14(2)16-11-12-20(4)24-19(23-18)21(16,17)26-25-20/h5-8,14-19H,9-13H2,1-4H3/b6-5+,8-7+/t14?,15-,16+,17?,18+,19?,20-,21-/m1/s1. The quantitative estimate of drug-likeness (QED) is 0.548. The molecule has 1 spiro atoms. The zero-order chi connectivity index (χ0) is 18.4. The summed E-state index contributed by atoms with van der Waals surface area (Å²) in [4.78, 5) is 12.0. The fraction of sp³-hybridized carbons (Fsp3) is 0.810. The second-order valence-electron chi connectivity index (χ2n) is 8.56. The average Bonchev–Trinajstić information content (AvgIpc) is 2.85. The number of allylic oxidation sites excluding steroid dienone is 3. The first-order valence-electron chi connectivity index (χ1n) is 10.1. The van der Waals surface area contributed by atoms with Crippen molar-refractivity contribution < 1.29 is 24.0 Å². The molecule has 0 N–H and O–H groups in total. The molecule has 3 unspecified atom stereocenters. The molecule has 5 aliphatic rings. The van der Waals surface area contributed by atoms with Gasteiger partial charge in [0, 0.05) is 18.3 Å². The van der Waals surface area contributed by atoms with Crippen LogP contribution < -0.4 is 0 Å². The molecular weight excluding hydrogens is 332 g/mol. The van der Waals surface area contributed by atoms with Gasteiger partial charge in [-0.1, -0.05) is 38.2 Å². The number of hydrogen-bond donors (Lipinski definition) is 0. The van der Waals surface area contributed by atoms with Gasteiger partial charge in [0.25, 0.3) is 0 Å². The van der Waals surface area contributed by atoms with Crippen LogP contribution in [0, 0.1) is 23.7 Å². The Morgan fingerprint density at radius 2 is 1.92 bits per heavy atom. The maximum absolute atomic E-state index is 6.36. The monoisotopic (exact) mass is 364 g/mol. The Balaban J connectivity index is 1.58. The lowest BCUT2D eigenvalue weighted by Gasteiger charge is -2.60. The molecule has 8 atom stereocenters. The topological polar surface area (TPSA) is 46.2 Å². The smallest absolute Gasteiger partial charge is 0.201 e. The lowest BCUT2D eigenvalue weighted by Crippen LogP contribution is -2.70. The highest BCUT2D eigenvalue weighted by atomic mass is 17.3. The molecule has 4 saturated heterocycles. The van der Waals surface area contributed by atoms with Crippen molar-refractivity contribution in [2.24, 2.45) is 23.7 Å². The summed E-state index contributed by atoms with van der Waals surface area (Å²) in [6.07, 6.45) is 11.5. The molecule has 5 fully saturated rings. The highest BCUT2D eigenvalue weighted by molar-refractivity contribution is 5.09. The Morgan fingerprint density at radius 3 is 2.73 bits per heavy atom. The van der Waals surface area contributed by atoms with Crippen molar-refractivity contribution in [3.63, 3.8) is 0 Å². The molecule has 1 aliphatic carbocycles. The number of ether oxygens (including phenoxy) is 3. The van der Waals surface area contributed by atoms with Crippen LogP contribution in [0.2, 0.25) is 0 Å². The van der Waals surface area contributed by atoms with Crippen LogP contribution in [-0.4, -0.2) is 30.6 Å². The van der Waals surface area contributed by atoms with Gasteiger partial charge in [0.15, 0.2) is 18.2 Å². The van der Waals surface area contributed by atoms with Crippen LogP contribution in [0.5, 0.6) is 0 Å². The summed E-state index contributed by atoms with van der Waals surface area (Å²) < 4.78 is 18.8. The Hall–Kier alpha value is -0.720. The molecule has 5 heteroatoms. The molecule has 5 rings (SSSR count). The van der Waals surface area contributed by atoms with E-state index in [0.717, 1.165) is 19.3 Å². The fourth-order valence-corrected chi connectivity index (χ4v) is 5.46. The lowest BCUT2D eigenvalue weighted by molar-refractivity contribution is -0.577. The molecular formula is C21H32O5. The zero-order valence-electron chi connectivity index (χ0n) is 16.4. The van der Waals surface area contributed by atoms with Gasteiger partial charge < -0.3 is 14.2 Å². The van der Waals surface area contributed by atoms with Gasteiger partial charge in [-0.05, 0) is 44.9 Å². The second kappa shape index (κ2) is 7.02. The minimum atomic E-state index is -0.728. The van der Waals surface area contributed by atoms with Crippen molar-refractivity contribution in [3.8, 4) is 0 Å². The fourth-order valence-electron chi connectivity index (χ4n) is 5.46. The van der Waals surface area contributed by atoms with Crippen LogP contribution in [0.15, 0.2) is 24.3 Å². The molecule has 0 aromatic heterocycles. The maximum Gasteiger partial charge on any atom is 0.201 e. The highest BCUT2D eigenvalue weighted by Gasteiger charge is 2.69. The van der Waals surface area contributed by atoms with Crippen molar-refractivity contribution in [1.82, 2.24) is 0 Å². The average molecular weight is 364 g/mol. The predicted octanol–water partition coefficient (Wildman–Crippen LogP) is 4.34. The predicted molar refractivity (Wildman–Crippen MR) is 96.7 cm³/mol. The number of rotatable bonds is 4. The number of fused-ring (bicyclic) bond motifs is 2. The van der Waals surface area contributed by atoms with Gasteiger partial charge >= 0.3 is 0 Å². The minimum Gasteiger partial charge on any atom is -0.348 e. The first-order chi connectivity index (χ1) is 12.5. The molecule has 0 aromatic rings. The maximum atomic E-state index is 6.36. The van der Waals surface area contributed by atoms with Gasteiger partial charge in [-0.15, -0.1) is 0 Å². The molecule has 4 heterocycles. The van der Waals surface area contributed by atoms with E-state index in [4.69, 9.17) is 24.0 Å². The van der Waals surface area contributed by atoms with E-state index in [0.29, 0.717) is 24.4 Å². The van der Waals surface area contributed by atoms with Crippen LogP contribution in [-0.2, 0) is 24.0 Å². The third-order valence-corrected chi connectivity index (χ3v) is 6.89. The second-order valence-corrected chi connectivity index (χ2v) is 8.56. The lowest BCUT2D eigenvalue weighted by atomic mass is 9.58. The first-order valence-corrected chi connectivity index (χ1v) is 10.1. The van der Waals surface area contributed by atoms with Gasteiger partial charge in [0.1, 0.15) is 0 Å². The summed E-state index contributed by atoms with van der Waals surface area (Å²) in [5.74, 6) is 0.793. The van der Waals surface area contributed by atoms with Crippen LogP contribution >= 0.6 is 0 Å². The van der Waals surface area contributed by atoms with E-state index in [1.807, 2.05) is 38.2 Å². The molecule has 2 bridgehead atoms. The van der Waals surface area contributed by atoms with Crippen LogP contribution in [0.25, 0.3) is 0 Å². The number of hydrogen-bond acceptors (Lipinski definition) is 5. The summed E-state index contributed by atoms with van der Waals surface area (Å²) in [6.45, 7) is 9.02. The van der Waals surface area contributed by atoms with Crippen LogP contribution in [0.3, 0.4) is 0 Å². The molecule has 0 aromatic carbocycles. The van der Waals surface area contributed by atoms with Gasteiger partial charge in [0.05, 0.1) is 6.61 Å². The van der Waals surface area contributed by atoms with E-state index in [2.05, 4.69) is 13.8 Å². The summed E-state index contributed by atoms with van der Waals surface area (Å²) in [6, 6.07) is 0. The van der Waals surface area contributed by atoms with Gasteiger partial charge in [0.2, 0.25) is 5.79 Å². The first kappa shape index (κ1) is 18.6. The van der Waals surface area contributed by atoms with Gasteiger partial charge in [-0.25, -0.2) is 9.78 Å². The SMILES string of the molecule is C/C=C/C=C/CO[C@H]1OC2O[C@@]3(C)CC[C@H]4C(C)CCC([C@H]1C)[C@@]24OO3. The van der Waals surface area contributed by atoms with Crippen molar-refractivity contribution in [1.29, 1.82) is 0 Å². The Kier molecular flexibility index (Phi) is 5.03. The molecule has 0 amide bonds. The summed E-state index contributed by atoms with van der Waals surface area (Å²) in [5.41, 5.74) is -0.506. The zero-order valence-corrected chi connectivity index (χ0v) is 16.4. The van der Waals surface area contributed by atoms with Crippen molar-refractivity contribution >= 4 is 0 Å². The van der Waals surface area contributed by atoms with E-state index in [1.165, 1.54) is 6.42 Å². The molecule has 5 nitrogen and oxygen atoms in total. The van der Waals surface area contributed by atoms with Crippen LogP contribution in [0.4, 0.5) is 0 Å². The van der Waals surface area contributed by atoms with Crippen molar-refractivity contribution in [3.05, 3.63) is 24.3 Å². The molecule has 1 saturated carbocycles. The highest BCUT2D eigenvalue weighted by Crippen LogP contribution is 2.60. The largest absolute Gasteiger partial charge is 0.348 e. The molecule has 4 aliphatic heterocycles. The third-order valence-electron chi connectivity index (χ3n) is 6.89. The minimum absolute atomic E-state index is 0.228. The van der Waals surface area contributed by atoms with Crippen LogP contribution in [0.1, 0.15) is 53.4 Å². The van der Waals surface area contributed by atoms with Gasteiger partial charge in [-0.3, -0.25) is 0 Å². The van der Waals surface area contributed by atoms with E-state index in [-0.39, 0.29) is 12.2 Å². The Bertz CT molecular complexity index is 575. The van der Waals surface area contributed by atoms with E-state index < -0.39 is 17.7 Å². The normalized spacial score (nSPS) is 50.9. The van der Waals surface area contributed by atoms with E-state index >= 15 is 0 Å². The van der Waals surface area contributed by atoms with E-state index in [1.54, 1.807) is 0 Å². The van der Waals surface area contributed by atoms with E-state index in [9.17, 15) is 0 Å². The summed E-state index contributed by atoms with van der Waals surface area (Å²) in [5, 5.41) is 0. The molecule has 26 heavy (non-hydrogen) atoms. The van der Waals surface area contributed by atoms with Crippen molar-refractivity contribution in [2.45, 2.75) is 77.3 Å². The summed E-state index contributed by atoms with van der Waals surface area (Å²) >= 11 is 0. The Labute approximate surface area is 156 Å². The van der Waals surface area contributed by atoms with Gasteiger partial charge in [-0.2, -0.15) is 0 Å². The third kappa shape index (κ3) is 2.89. The summed E-state index contributed by atoms with van der Waals surface area (Å²) in [7, 11) is 0. The van der Waals surface area contributed by atoms with Crippen molar-refractivity contribution in [2.75, 3.05) is 6.61 Å². The molecule has 0 radical (unpaired) electrons.